The first-order chi connectivity index (χ1) is 8.88. The number of ether oxygens (including phenoxy) is 1. The molecule has 0 aliphatic rings. The minimum Gasteiger partial charge on any atom is -0.377 e. The van der Waals surface area contributed by atoms with Gasteiger partial charge in [0.2, 0.25) is 0 Å². The lowest BCUT2D eigenvalue weighted by Crippen LogP contribution is -1.97. The molecule has 0 atom stereocenters. The van der Waals surface area contributed by atoms with Crippen LogP contribution in [0.2, 0.25) is 0 Å². The summed E-state index contributed by atoms with van der Waals surface area (Å²) in [5.74, 6) is 0.562. The Bertz CT molecular complexity index is 453. The summed E-state index contributed by atoms with van der Waals surface area (Å²) in [7, 11) is 0. The third-order valence-electron chi connectivity index (χ3n) is 2.75. The van der Waals surface area contributed by atoms with Gasteiger partial charge in [-0.3, -0.25) is 0 Å². The Hall–Kier alpha value is -0.830. The van der Waals surface area contributed by atoms with Crippen LogP contribution in [0, 0.1) is 0 Å². The van der Waals surface area contributed by atoms with Crippen molar-refractivity contribution in [1.29, 1.82) is 0 Å². The van der Waals surface area contributed by atoms with E-state index in [1.165, 1.54) is 11.1 Å². The molecule has 1 nitrogen and oxygen atoms in total. The van der Waals surface area contributed by atoms with Gasteiger partial charge in [0.05, 0.1) is 6.61 Å². The van der Waals surface area contributed by atoms with Crippen LogP contribution in [0.4, 0.5) is 0 Å². The standard InChI is InChI=1S/C15H17ClOS/c16-10-14-3-1-4-15(9-14)11-17-7-2-5-13-6-8-18-12-13/h1,3-4,6,8-9,12H,2,5,7,10-11H2. The fourth-order valence-corrected chi connectivity index (χ4v) is 2.68. The van der Waals surface area contributed by atoms with E-state index >= 15 is 0 Å². The SMILES string of the molecule is ClCc1cccc(COCCCc2ccsc2)c1. The van der Waals surface area contributed by atoms with Gasteiger partial charge in [0.15, 0.2) is 0 Å². The Morgan fingerprint density at radius 3 is 2.78 bits per heavy atom. The Labute approximate surface area is 117 Å². The molecule has 0 saturated carbocycles. The van der Waals surface area contributed by atoms with Crippen LogP contribution in [-0.2, 0) is 23.6 Å². The van der Waals surface area contributed by atoms with Gasteiger partial charge >= 0.3 is 0 Å². The molecule has 18 heavy (non-hydrogen) atoms. The quantitative estimate of drug-likeness (QED) is 0.530. The van der Waals surface area contributed by atoms with Gasteiger partial charge in [0.1, 0.15) is 0 Å². The lowest BCUT2D eigenvalue weighted by atomic mass is 10.1. The molecule has 2 rings (SSSR count). The lowest BCUT2D eigenvalue weighted by Gasteiger charge is -2.05. The number of alkyl halides is 1. The van der Waals surface area contributed by atoms with Gasteiger partial charge in [-0.2, -0.15) is 11.3 Å². The summed E-state index contributed by atoms with van der Waals surface area (Å²) in [6.45, 7) is 1.48. The molecular formula is C15H17ClOS. The van der Waals surface area contributed by atoms with E-state index in [1.54, 1.807) is 11.3 Å². The number of benzene rings is 1. The highest BCUT2D eigenvalue weighted by Crippen LogP contribution is 2.10. The zero-order valence-corrected chi connectivity index (χ0v) is 11.8. The van der Waals surface area contributed by atoms with Gasteiger partial charge in [0.25, 0.3) is 0 Å². The van der Waals surface area contributed by atoms with Gasteiger partial charge in [0, 0.05) is 12.5 Å². The van der Waals surface area contributed by atoms with Crippen LogP contribution in [0.5, 0.6) is 0 Å². The van der Waals surface area contributed by atoms with Gasteiger partial charge in [-0.15, -0.1) is 11.6 Å². The summed E-state index contributed by atoms with van der Waals surface area (Å²) in [4.78, 5) is 0. The van der Waals surface area contributed by atoms with Crippen LogP contribution in [0.25, 0.3) is 0 Å². The molecule has 0 fully saturated rings. The van der Waals surface area contributed by atoms with Crippen molar-refractivity contribution in [2.45, 2.75) is 25.3 Å². The molecule has 0 aliphatic carbocycles. The lowest BCUT2D eigenvalue weighted by molar-refractivity contribution is 0.118. The summed E-state index contributed by atoms with van der Waals surface area (Å²) < 4.78 is 5.68. The second-order valence-corrected chi connectivity index (χ2v) is 5.29. The first-order valence-electron chi connectivity index (χ1n) is 6.11. The third-order valence-corrected chi connectivity index (χ3v) is 3.79. The highest BCUT2D eigenvalue weighted by molar-refractivity contribution is 7.07. The number of hydrogen-bond acceptors (Lipinski definition) is 2. The van der Waals surface area contributed by atoms with E-state index < -0.39 is 0 Å². The van der Waals surface area contributed by atoms with Crippen molar-refractivity contribution in [2.24, 2.45) is 0 Å². The first-order valence-corrected chi connectivity index (χ1v) is 7.59. The van der Waals surface area contributed by atoms with E-state index in [-0.39, 0.29) is 0 Å². The first kappa shape index (κ1) is 13.6. The molecule has 1 aromatic heterocycles. The average Bonchev–Trinajstić information content (AvgIpc) is 2.92. The predicted octanol–water partition coefficient (Wildman–Crippen LogP) is 4.64. The van der Waals surface area contributed by atoms with Crippen molar-refractivity contribution in [1.82, 2.24) is 0 Å². The molecule has 1 heterocycles. The van der Waals surface area contributed by atoms with Crippen molar-refractivity contribution in [2.75, 3.05) is 6.61 Å². The number of rotatable bonds is 7. The van der Waals surface area contributed by atoms with Crippen LogP contribution in [0.1, 0.15) is 23.1 Å². The number of hydrogen-bond donors (Lipinski definition) is 0. The fraction of sp³-hybridized carbons (Fsp3) is 0.333. The van der Waals surface area contributed by atoms with Gasteiger partial charge < -0.3 is 4.74 Å². The van der Waals surface area contributed by atoms with E-state index in [9.17, 15) is 0 Å². The van der Waals surface area contributed by atoms with Crippen molar-refractivity contribution in [3.05, 3.63) is 57.8 Å². The highest BCUT2D eigenvalue weighted by Gasteiger charge is 1.97. The Morgan fingerprint density at radius 2 is 2.00 bits per heavy atom. The number of aryl methyl sites for hydroxylation is 1. The zero-order chi connectivity index (χ0) is 12.6. The molecular weight excluding hydrogens is 264 g/mol. The summed E-state index contributed by atoms with van der Waals surface area (Å²) in [5.41, 5.74) is 3.76. The molecule has 0 N–H and O–H groups in total. The Morgan fingerprint density at radius 1 is 1.11 bits per heavy atom. The maximum atomic E-state index is 5.80. The largest absolute Gasteiger partial charge is 0.377 e. The van der Waals surface area contributed by atoms with Crippen molar-refractivity contribution in [3.63, 3.8) is 0 Å². The molecule has 0 unspecified atom stereocenters. The van der Waals surface area contributed by atoms with Crippen molar-refractivity contribution < 1.29 is 4.74 Å². The number of halogens is 1. The van der Waals surface area contributed by atoms with Gasteiger partial charge in [-0.1, -0.05) is 24.3 Å². The molecule has 0 aliphatic heterocycles. The van der Waals surface area contributed by atoms with E-state index in [4.69, 9.17) is 16.3 Å². The van der Waals surface area contributed by atoms with Gasteiger partial charge in [-0.05, 0) is 46.4 Å². The molecule has 0 amide bonds. The van der Waals surface area contributed by atoms with Crippen LogP contribution in [-0.4, -0.2) is 6.61 Å². The van der Waals surface area contributed by atoms with E-state index in [0.717, 1.165) is 25.0 Å². The average molecular weight is 281 g/mol. The highest BCUT2D eigenvalue weighted by atomic mass is 35.5. The van der Waals surface area contributed by atoms with Crippen molar-refractivity contribution in [3.8, 4) is 0 Å². The summed E-state index contributed by atoms with van der Waals surface area (Å²) in [6, 6.07) is 10.4. The molecule has 0 bridgehead atoms. The topological polar surface area (TPSA) is 9.23 Å². The maximum Gasteiger partial charge on any atom is 0.0716 e. The summed E-state index contributed by atoms with van der Waals surface area (Å²) in [6.07, 6.45) is 2.18. The predicted molar refractivity (Wildman–Crippen MR) is 78.3 cm³/mol. The van der Waals surface area contributed by atoms with Crippen LogP contribution in [0.15, 0.2) is 41.1 Å². The molecule has 3 heteroatoms. The second kappa shape index (κ2) is 7.57. The molecule has 0 spiro atoms. The maximum absolute atomic E-state index is 5.80. The van der Waals surface area contributed by atoms with E-state index in [0.29, 0.717) is 12.5 Å². The molecule has 2 aromatic rings. The Balaban J connectivity index is 1.65. The van der Waals surface area contributed by atoms with Crippen molar-refractivity contribution >= 4 is 22.9 Å². The van der Waals surface area contributed by atoms with Gasteiger partial charge in [-0.25, -0.2) is 0 Å². The van der Waals surface area contributed by atoms with E-state index in [2.05, 4.69) is 29.0 Å². The summed E-state index contributed by atoms with van der Waals surface area (Å²) in [5, 5.41) is 4.32. The van der Waals surface area contributed by atoms with Crippen LogP contribution in [0.3, 0.4) is 0 Å². The molecule has 0 saturated heterocycles. The Kier molecular flexibility index (Phi) is 5.72. The molecule has 96 valence electrons. The normalized spacial score (nSPS) is 10.7. The smallest absolute Gasteiger partial charge is 0.0716 e. The number of thiophene rings is 1. The van der Waals surface area contributed by atoms with E-state index in [1.807, 2.05) is 12.1 Å². The zero-order valence-electron chi connectivity index (χ0n) is 10.3. The van der Waals surface area contributed by atoms with Crippen LogP contribution >= 0.6 is 22.9 Å². The fourth-order valence-electron chi connectivity index (χ4n) is 1.81. The third kappa shape index (κ3) is 4.45. The molecule has 1 aromatic carbocycles. The van der Waals surface area contributed by atoms with Crippen LogP contribution < -0.4 is 0 Å². The minimum absolute atomic E-state index is 0.562. The summed E-state index contributed by atoms with van der Waals surface area (Å²) >= 11 is 7.55. The second-order valence-electron chi connectivity index (χ2n) is 4.24. The monoisotopic (exact) mass is 280 g/mol. The molecule has 0 radical (unpaired) electrons. The minimum atomic E-state index is 0.562.